The molecule has 6 nitrogen and oxygen atoms in total. The van der Waals surface area contributed by atoms with E-state index in [0.717, 1.165) is 44.7 Å². The molecule has 120 valence electrons. The van der Waals surface area contributed by atoms with E-state index in [4.69, 9.17) is 0 Å². The van der Waals surface area contributed by atoms with E-state index in [0.29, 0.717) is 5.82 Å². The van der Waals surface area contributed by atoms with Gasteiger partial charge in [0, 0.05) is 64.2 Å². The number of piperidine rings is 1. The van der Waals surface area contributed by atoms with Crippen molar-refractivity contribution in [2.24, 2.45) is 5.92 Å². The van der Waals surface area contributed by atoms with Crippen molar-refractivity contribution in [1.82, 2.24) is 19.8 Å². The third-order valence-electron chi connectivity index (χ3n) is 5.59. The molecule has 2 aliphatic heterocycles. The molecule has 1 aromatic heterocycles. The monoisotopic (exact) mass is 303 g/mol. The lowest BCUT2D eigenvalue weighted by atomic mass is 10.1. The van der Waals surface area contributed by atoms with Crippen LogP contribution in [0.3, 0.4) is 0 Å². The Bertz CT molecular complexity index is 566. The number of aromatic nitrogens is 2. The average Bonchev–Trinajstić information content (AvgIpc) is 3.17. The van der Waals surface area contributed by atoms with E-state index in [1.165, 1.54) is 32.4 Å². The van der Waals surface area contributed by atoms with Gasteiger partial charge in [0.15, 0.2) is 5.82 Å². The number of nitrogens with one attached hydrogen (secondary N) is 1. The Morgan fingerprint density at radius 3 is 2.73 bits per heavy atom. The van der Waals surface area contributed by atoms with Crippen LogP contribution in [0.4, 0.5) is 5.82 Å². The van der Waals surface area contributed by atoms with Crippen molar-refractivity contribution in [3.8, 4) is 0 Å². The van der Waals surface area contributed by atoms with Crippen molar-refractivity contribution in [2.45, 2.75) is 25.3 Å². The molecule has 0 spiro atoms. The van der Waals surface area contributed by atoms with Crippen molar-refractivity contribution in [2.75, 3.05) is 50.7 Å². The molecule has 6 heteroatoms. The Labute approximate surface area is 131 Å². The second-order valence-corrected chi connectivity index (χ2v) is 6.90. The maximum absolute atomic E-state index is 11.8. The van der Waals surface area contributed by atoms with Crippen LogP contribution in [-0.4, -0.2) is 71.6 Å². The Hall–Kier alpha value is -1.40. The van der Waals surface area contributed by atoms with E-state index >= 15 is 0 Å². The van der Waals surface area contributed by atoms with E-state index in [2.05, 4.69) is 24.7 Å². The second kappa shape index (κ2) is 6.01. The summed E-state index contributed by atoms with van der Waals surface area (Å²) in [5.74, 6) is 1.55. The number of piperazine rings is 1. The van der Waals surface area contributed by atoms with Crippen LogP contribution < -0.4 is 10.5 Å². The van der Waals surface area contributed by atoms with Gasteiger partial charge in [0.25, 0.3) is 5.56 Å². The number of aromatic amines is 1. The molecule has 3 aliphatic rings. The Balaban J connectivity index is 1.26. The highest BCUT2D eigenvalue weighted by atomic mass is 16.1. The molecule has 0 radical (unpaired) electrons. The molecule has 1 N–H and O–H groups in total. The predicted molar refractivity (Wildman–Crippen MR) is 86.2 cm³/mol. The lowest BCUT2D eigenvalue weighted by Gasteiger charge is -2.36. The highest BCUT2D eigenvalue weighted by molar-refractivity contribution is 5.35. The number of anilines is 1. The zero-order valence-electron chi connectivity index (χ0n) is 13.1. The van der Waals surface area contributed by atoms with Crippen molar-refractivity contribution in [3.05, 3.63) is 22.7 Å². The molecule has 22 heavy (non-hydrogen) atoms. The van der Waals surface area contributed by atoms with E-state index in [9.17, 15) is 4.79 Å². The fraction of sp³-hybridized carbons (Fsp3) is 0.750. The van der Waals surface area contributed by atoms with Gasteiger partial charge >= 0.3 is 0 Å². The summed E-state index contributed by atoms with van der Waals surface area (Å²) in [5, 5.41) is 0. The van der Waals surface area contributed by atoms with Gasteiger partial charge in [0.1, 0.15) is 0 Å². The van der Waals surface area contributed by atoms with E-state index in [1.807, 2.05) is 0 Å². The Morgan fingerprint density at radius 1 is 1.18 bits per heavy atom. The van der Waals surface area contributed by atoms with Gasteiger partial charge in [-0.1, -0.05) is 0 Å². The molecule has 1 aromatic rings. The Morgan fingerprint density at radius 2 is 2.05 bits per heavy atom. The zero-order valence-corrected chi connectivity index (χ0v) is 13.1. The summed E-state index contributed by atoms with van der Waals surface area (Å²) >= 11 is 0. The van der Waals surface area contributed by atoms with Crippen molar-refractivity contribution < 1.29 is 0 Å². The molecule has 0 unspecified atom stereocenters. The van der Waals surface area contributed by atoms with Crippen LogP contribution in [0.5, 0.6) is 0 Å². The molecule has 2 atom stereocenters. The SMILES string of the molecule is O=c1[nH]ccnc1N1CCN(CCN2C[C@H]3CC[C@@H]2C3)CC1. The van der Waals surface area contributed by atoms with E-state index in [1.54, 1.807) is 12.4 Å². The summed E-state index contributed by atoms with van der Waals surface area (Å²) in [5.41, 5.74) is -0.0796. The minimum atomic E-state index is -0.0796. The molecule has 1 aliphatic carbocycles. The topological polar surface area (TPSA) is 55.5 Å². The summed E-state index contributed by atoms with van der Waals surface area (Å²) in [4.78, 5) is 26.0. The van der Waals surface area contributed by atoms with Gasteiger partial charge in [-0.15, -0.1) is 0 Å². The van der Waals surface area contributed by atoms with Crippen molar-refractivity contribution in [1.29, 1.82) is 0 Å². The maximum atomic E-state index is 11.8. The van der Waals surface area contributed by atoms with Crippen molar-refractivity contribution in [3.63, 3.8) is 0 Å². The largest absolute Gasteiger partial charge is 0.349 e. The molecule has 0 amide bonds. The minimum absolute atomic E-state index is 0.0796. The van der Waals surface area contributed by atoms with Crippen molar-refractivity contribution >= 4 is 5.82 Å². The normalized spacial score (nSPS) is 29.4. The zero-order chi connectivity index (χ0) is 14.9. The number of hydrogen-bond acceptors (Lipinski definition) is 5. The van der Waals surface area contributed by atoms with Crippen LogP contribution in [0.1, 0.15) is 19.3 Å². The number of H-pyrrole nitrogens is 1. The number of fused-ring (bicyclic) bond motifs is 2. The first kappa shape index (κ1) is 14.2. The van der Waals surface area contributed by atoms with Crippen LogP contribution in [0, 0.1) is 5.92 Å². The molecular formula is C16H25N5O. The molecule has 2 bridgehead atoms. The first-order valence-electron chi connectivity index (χ1n) is 8.54. The number of rotatable bonds is 4. The van der Waals surface area contributed by atoms with E-state index in [-0.39, 0.29) is 5.56 Å². The van der Waals surface area contributed by atoms with Crippen LogP contribution in [-0.2, 0) is 0 Å². The quantitative estimate of drug-likeness (QED) is 0.871. The molecule has 1 saturated carbocycles. The molecule has 3 heterocycles. The molecule has 2 saturated heterocycles. The third kappa shape index (κ3) is 2.77. The lowest BCUT2D eigenvalue weighted by molar-refractivity contribution is 0.167. The summed E-state index contributed by atoms with van der Waals surface area (Å²) in [6.07, 6.45) is 7.56. The summed E-state index contributed by atoms with van der Waals surface area (Å²) in [6.45, 7) is 7.54. The summed E-state index contributed by atoms with van der Waals surface area (Å²) in [6, 6.07) is 0.873. The summed E-state index contributed by atoms with van der Waals surface area (Å²) < 4.78 is 0. The van der Waals surface area contributed by atoms with Gasteiger partial charge in [-0.2, -0.15) is 0 Å². The highest BCUT2D eigenvalue weighted by Gasteiger charge is 2.37. The van der Waals surface area contributed by atoms with Crippen LogP contribution in [0.15, 0.2) is 17.2 Å². The van der Waals surface area contributed by atoms with Gasteiger partial charge in [-0.3, -0.25) is 14.6 Å². The van der Waals surface area contributed by atoms with Gasteiger partial charge in [-0.25, -0.2) is 4.98 Å². The molecule has 0 aromatic carbocycles. The van der Waals surface area contributed by atoms with Gasteiger partial charge in [0.2, 0.25) is 0 Å². The summed E-state index contributed by atoms with van der Waals surface area (Å²) in [7, 11) is 0. The third-order valence-corrected chi connectivity index (χ3v) is 5.59. The first-order chi connectivity index (χ1) is 10.8. The van der Waals surface area contributed by atoms with Gasteiger partial charge in [0.05, 0.1) is 0 Å². The number of likely N-dealkylation sites (tertiary alicyclic amines) is 1. The molecular weight excluding hydrogens is 278 g/mol. The molecule has 4 rings (SSSR count). The fourth-order valence-corrected chi connectivity index (χ4v) is 4.32. The minimum Gasteiger partial charge on any atom is -0.349 e. The standard InChI is InChI=1S/C16H25N5O/c22-16-15(17-3-4-18-16)20-8-5-19(6-9-20)7-10-21-12-13-1-2-14(21)11-13/h3-4,13-14H,1-2,5-12H2,(H,18,22)/t13-,14+/m0/s1. The second-order valence-electron chi connectivity index (χ2n) is 6.90. The first-order valence-corrected chi connectivity index (χ1v) is 8.54. The molecule has 3 fully saturated rings. The highest BCUT2D eigenvalue weighted by Crippen LogP contribution is 2.36. The number of nitrogens with zero attached hydrogens (tertiary/aromatic N) is 4. The van der Waals surface area contributed by atoms with E-state index < -0.39 is 0 Å². The van der Waals surface area contributed by atoms with Gasteiger partial charge < -0.3 is 9.88 Å². The predicted octanol–water partition coefficient (Wildman–Crippen LogP) is 0.376. The van der Waals surface area contributed by atoms with Crippen LogP contribution >= 0.6 is 0 Å². The number of hydrogen-bond donors (Lipinski definition) is 1. The lowest BCUT2D eigenvalue weighted by Crippen LogP contribution is -2.50. The smallest absolute Gasteiger partial charge is 0.290 e. The van der Waals surface area contributed by atoms with Crippen LogP contribution in [0.2, 0.25) is 0 Å². The average molecular weight is 303 g/mol. The van der Waals surface area contributed by atoms with Gasteiger partial charge in [-0.05, 0) is 25.2 Å². The van der Waals surface area contributed by atoms with Crippen LogP contribution in [0.25, 0.3) is 0 Å². The fourth-order valence-electron chi connectivity index (χ4n) is 4.32. The Kier molecular flexibility index (Phi) is 3.88. The maximum Gasteiger partial charge on any atom is 0.290 e.